The lowest BCUT2D eigenvalue weighted by Gasteiger charge is -2.22. The zero-order chi connectivity index (χ0) is 27.4. The quantitative estimate of drug-likeness (QED) is 0.173. The number of carbonyl (C=O) groups is 1. The van der Waals surface area contributed by atoms with Crippen molar-refractivity contribution < 1.29 is 28.6 Å². The van der Waals surface area contributed by atoms with Crippen LogP contribution in [0.15, 0.2) is 88.9 Å². The number of aromatic carboxylic acids is 1. The van der Waals surface area contributed by atoms with E-state index in [1.807, 2.05) is 31.2 Å². The zero-order valence-corrected chi connectivity index (χ0v) is 20.6. The Balaban J connectivity index is 1.70. The van der Waals surface area contributed by atoms with Gasteiger partial charge in [-0.3, -0.25) is 4.79 Å². The summed E-state index contributed by atoms with van der Waals surface area (Å²) < 4.78 is 36.5. The fourth-order valence-corrected chi connectivity index (χ4v) is 4.26. The largest absolute Gasteiger partial charge is 0.478 e. The van der Waals surface area contributed by atoms with E-state index in [9.17, 15) is 19.2 Å². The van der Waals surface area contributed by atoms with Gasteiger partial charge in [-0.15, -0.1) is 0 Å². The highest BCUT2D eigenvalue weighted by atomic mass is 19.1. The summed E-state index contributed by atoms with van der Waals surface area (Å²) in [7, 11) is 1.58. The molecule has 0 spiro atoms. The van der Waals surface area contributed by atoms with Gasteiger partial charge in [-0.25, -0.2) is 13.6 Å². The fraction of sp³-hybridized carbons (Fsp3) is 0.138. The molecular formula is C29H24F2N2O5. The maximum absolute atomic E-state index is 15.6. The molecule has 38 heavy (non-hydrogen) atoms. The predicted molar refractivity (Wildman–Crippen MR) is 137 cm³/mol. The molecule has 9 heteroatoms. The number of aromatic nitrogens is 1. The van der Waals surface area contributed by atoms with Gasteiger partial charge in [0.15, 0.2) is 0 Å². The standard InChI is InChI=1S/C29H24F2N2O5/c1-17-5-3-4-6-21(17)24(15-27(32-37)18-7-12-28(34)33(2)16-18)22-10-8-19(13-25(22)30)38-20-9-11-23(29(35)36)26(31)14-20/h3-14,16,24,37H,15H2,1-2H3,(H,35,36)/b32-27-. The van der Waals surface area contributed by atoms with Gasteiger partial charge >= 0.3 is 5.97 Å². The van der Waals surface area contributed by atoms with Crippen molar-refractivity contribution in [3.63, 3.8) is 0 Å². The Morgan fingerprint density at radius 1 is 0.974 bits per heavy atom. The van der Waals surface area contributed by atoms with Crippen molar-refractivity contribution in [2.75, 3.05) is 0 Å². The van der Waals surface area contributed by atoms with E-state index in [2.05, 4.69) is 5.16 Å². The van der Waals surface area contributed by atoms with Crippen LogP contribution in [-0.2, 0) is 7.05 Å². The second-order valence-corrected chi connectivity index (χ2v) is 8.76. The molecule has 0 saturated carbocycles. The van der Waals surface area contributed by atoms with E-state index in [0.29, 0.717) is 11.1 Å². The van der Waals surface area contributed by atoms with Crippen LogP contribution in [0.4, 0.5) is 8.78 Å². The molecule has 0 aliphatic carbocycles. The van der Waals surface area contributed by atoms with Gasteiger partial charge < -0.3 is 19.6 Å². The lowest BCUT2D eigenvalue weighted by atomic mass is 9.83. The van der Waals surface area contributed by atoms with E-state index in [1.165, 1.54) is 22.8 Å². The third-order valence-corrected chi connectivity index (χ3v) is 6.26. The summed E-state index contributed by atoms with van der Waals surface area (Å²) in [4.78, 5) is 22.8. The molecule has 1 heterocycles. The molecule has 0 radical (unpaired) electrons. The number of carboxylic acids is 1. The third kappa shape index (κ3) is 5.62. The first-order chi connectivity index (χ1) is 18.2. The average molecular weight is 519 g/mol. The summed E-state index contributed by atoms with van der Waals surface area (Å²) in [5.74, 6) is -3.43. The molecule has 1 aromatic heterocycles. The van der Waals surface area contributed by atoms with E-state index in [-0.39, 0.29) is 29.2 Å². The van der Waals surface area contributed by atoms with Crippen molar-refractivity contribution in [2.45, 2.75) is 19.3 Å². The number of carboxylic acid groups (broad SMARTS) is 1. The molecule has 3 aromatic carbocycles. The maximum atomic E-state index is 15.6. The molecule has 4 rings (SSSR count). The van der Waals surface area contributed by atoms with Crippen LogP contribution in [-0.4, -0.2) is 26.6 Å². The Hall–Kier alpha value is -4.79. The molecule has 1 unspecified atom stereocenters. The van der Waals surface area contributed by atoms with Crippen molar-refractivity contribution >= 4 is 11.7 Å². The molecule has 7 nitrogen and oxygen atoms in total. The van der Waals surface area contributed by atoms with E-state index in [4.69, 9.17) is 9.84 Å². The number of halogens is 2. The summed E-state index contributed by atoms with van der Waals surface area (Å²) in [6.07, 6.45) is 1.67. The summed E-state index contributed by atoms with van der Waals surface area (Å²) >= 11 is 0. The first-order valence-corrected chi connectivity index (χ1v) is 11.6. The SMILES string of the molecule is Cc1ccccc1C(C/C(=N/O)c1ccc(=O)n(C)c1)c1ccc(Oc2ccc(C(=O)O)c(F)c2)cc1F. The highest BCUT2D eigenvalue weighted by molar-refractivity contribution is 6.00. The highest BCUT2D eigenvalue weighted by Crippen LogP contribution is 2.35. The van der Waals surface area contributed by atoms with Crippen molar-refractivity contribution in [3.05, 3.63) is 129 Å². The van der Waals surface area contributed by atoms with Crippen LogP contribution >= 0.6 is 0 Å². The first-order valence-electron chi connectivity index (χ1n) is 11.6. The molecular weight excluding hydrogens is 494 g/mol. The van der Waals surface area contributed by atoms with Crippen LogP contribution in [0.2, 0.25) is 0 Å². The monoisotopic (exact) mass is 518 g/mol. The lowest BCUT2D eigenvalue weighted by molar-refractivity contribution is 0.0692. The molecule has 194 valence electrons. The van der Waals surface area contributed by atoms with Gasteiger partial charge in [0, 0.05) is 49.3 Å². The fourth-order valence-electron chi connectivity index (χ4n) is 4.26. The number of rotatable bonds is 8. The van der Waals surface area contributed by atoms with Crippen LogP contribution in [0, 0.1) is 18.6 Å². The number of hydrogen-bond donors (Lipinski definition) is 2. The Morgan fingerprint density at radius 2 is 1.66 bits per heavy atom. The predicted octanol–water partition coefficient (Wildman–Crippen LogP) is 5.86. The van der Waals surface area contributed by atoms with Crippen LogP contribution < -0.4 is 10.3 Å². The van der Waals surface area contributed by atoms with Gasteiger partial charge in [-0.05, 0) is 47.9 Å². The van der Waals surface area contributed by atoms with Gasteiger partial charge in [0.2, 0.25) is 5.56 Å². The third-order valence-electron chi connectivity index (χ3n) is 6.26. The number of ether oxygens (including phenoxy) is 1. The zero-order valence-electron chi connectivity index (χ0n) is 20.6. The Morgan fingerprint density at radius 3 is 2.26 bits per heavy atom. The summed E-state index contributed by atoms with van der Waals surface area (Å²) in [6, 6.07) is 17.9. The second-order valence-electron chi connectivity index (χ2n) is 8.76. The maximum Gasteiger partial charge on any atom is 0.338 e. The molecule has 0 saturated heterocycles. The first kappa shape index (κ1) is 26.3. The van der Waals surface area contributed by atoms with Crippen LogP contribution in [0.25, 0.3) is 0 Å². The lowest BCUT2D eigenvalue weighted by Crippen LogP contribution is -2.18. The van der Waals surface area contributed by atoms with Crippen molar-refractivity contribution in [1.29, 1.82) is 0 Å². The van der Waals surface area contributed by atoms with Crippen LogP contribution in [0.3, 0.4) is 0 Å². The number of oxime groups is 1. The minimum Gasteiger partial charge on any atom is -0.478 e. The topological polar surface area (TPSA) is 101 Å². The molecule has 0 amide bonds. The number of aryl methyl sites for hydroxylation is 2. The van der Waals surface area contributed by atoms with Gasteiger partial charge in [0.1, 0.15) is 23.1 Å². The van der Waals surface area contributed by atoms with Crippen molar-refractivity contribution in [1.82, 2.24) is 4.57 Å². The molecule has 0 bridgehead atoms. The second kappa shape index (κ2) is 11.1. The Bertz CT molecular complexity index is 1600. The van der Waals surface area contributed by atoms with E-state index < -0.39 is 29.1 Å². The average Bonchev–Trinajstić information content (AvgIpc) is 2.88. The number of benzene rings is 3. The van der Waals surface area contributed by atoms with Crippen molar-refractivity contribution in [2.24, 2.45) is 12.2 Å². The molecule has 4 aromatic rings. The minimum atomic E-state index is -1.41. The number of nitrogens with zero attached hydrogens (tertiary/aromatic N) is 2. The van der Waals surface area contributed by atoms with Crippen LogP contribution in [0.5, 0.6) is 11.5 Å². The molecule has 0 fully saturated rings. The summed E-state index contributed by atoms with van der Waals surface area (Å²) in [5, 5.41) is 22.3. The number of hydrogen-bond acceptors (Lipinski definition) is 5. The van der Waals surface area contributed by atoms with Crippen molar-refractivity contribution in [3.8, 4) is 11.5 Å². The van der Waals surface area contributed by atoms with Gasteiger partial charge in [-0.2, -0.15) is 0 Å². The van der Waals surface area contributed by atoms with Gasteiger partial charge in [-0.1, -0.05) is 35.5 Å². The molecule has 0 aliphatic heterocycles. The highest BCUT2D eigenvalue weighted by Gasteiger charge is 2.24. The Kier molecular flexibility index (Phi) is 7.66. The van der Waals surface area contributed by atoms with Crippen LogP contribution in [0.1, 0.15) is 45.0 Å². The van der Waals surface area contributed by atoms with Gasteiger partial charge in [0.05, 0.1) is 11.3 Å². The van der Waals surface area contributed by atoms with E-state index >= 15 is 4.39 Å². The normalized spacial score (nSPS) is 12.3. The minimum absolute atomic E-state index is 0.0134. The molecule has 0 aliphatic rings. The van der Waals surface area contributed by atoms with Gasteiger partial charge in [0.25, 0.3) is 0 Å². The van der Waals surface area contributed by atoms with E-state index in [0.717, 1.165) is 29.3 Å². The molecule has 2 N–H and O–H groups in total. The summed E-state index contributed by atoms with van der Waals surface area (Å²) in [6.45, 7) is 1.90. The summed E-state index contributed by atoms with van der Waals surface area (Å²) in [5.41, 5.74) is 2.09. The smallest absolute Gasteiger partial charge is 0.338 e. The molecule has 1 atom stereocenters. The Labute approximate surface area is 216 Å². The van der Waals surface area contributed by atoms with E-state index in [1.54, 1.807) is 25.4 Å². The number of pyridine rings is 1.